The molecule has 26 heavy (non-hydrogen) atoms. The Hall–Kier alpha value is -2.10. The Morgan fingerprint density at radius 2 is 1.73 bits per heavy atom. The van der Waals surface area contributed by atoms with E-state index in [1.54, 1.807) is 0 Å². The molecule has 1 fully saturated rings. The van der Waals surface area contributed by atoms with Gasteiger partial charge in [0, 0.05) is 30.5 Å². The molecule has 0 atom stereocenters. The van der Waals surface area contributed by atoms with Crippen LogP contribution in [0.4, 0.5) is 5.82 Å². The Balaban J connectivity index is 1.51. The van der Waals surface area contributed by atoms with E-state index < -0.39 is 0 Å². The second kappa shape index (κ2) is 7.26. The number of para-hydroxylation sites is 1. The highest BCUT2D eigenvalue weighted by Crippen LogP contribution is 2.36. The summed E-state index contributed by atoms with van der Waals surface area (Å²) in [6, 6.07) is 20.5. The number of nitrogens with zero attached hydrogens (tertiary/aromatic N) is 2. The molecular formula is C22H23ClN2O. The number of fused-ring (bicyclic) bond motifs is 1. The highest BCUT2D eigenvalue weighted by molar-refractivity contribution is 6.35. The number of aromatic nitrogens is 1. The lowest BCUT2D eigenvalue weighted by Gasteiger charge is -2.41. The largest absolute Gasteiger partial charge is 0.396 e. The highest BCUT2D eigenvalue weighted by Gasteiger charge is 2.34. The summed E-state index contributed by atoms with van der Waals surface area (Å²) in [6.45, 7) is 2.03. The lowest BCUT2D eigenvalue weighted by molar-refractivity contribution is 0.0961. The number of benzene rings is 2. The van der Waals surface area contributed by atoms with Gasteiger partial charge < -0.3 is 10.0 Å². The van der Waals surface area contributed by atoms with Crippen molar-refractivity contribution >= 4 is 28.3 Å². The number of hydrogen-bond acceptors (Lipinski definition) is 3. The average molecular weight is 367 g/mol. The first-order chi connectivity index (χ1) is 12.7. The number of piperidine rings is 1. The Kier molecular flexibility index (Phi) is 4.84. The molecule has 0 radical (unpaired) electrons. The number of aliphatic hydroxyl groups is 1. The molecule has 1 saturated heterocycles. The Morgan fingerprint density at radius 1 is 0.962 bits per heavy atom. The number of halogens is 1. The van der Waals surface area contributed by atoms with Crippen LogP contribution in [-0.2, 0) is 6.42 Å². The van der Waals surface area contributed by atoms with Crippen LogP contribution in [0.25, 0.3) is 10.9 Å². The number of rotatable bonds is 4. The molecule has 0 spiro atoms. The van der Waals surface area contributed by atoms with Crippen molar-refractivity contribution in [3.05, 3.63) is 71.2 Å². The predicted molar refractivity (Wildman–Crippen MR) is 108 cm³/mol. The monoisotopic (exact) mass is 366 g/mol. The standard InChI is InChI=1S/C22H23ClN2O/c23-19-8-4-7-18-9-10-20(24-21(18)19)25-13-11-22(16-26,12-14-25)15-17-5-2-1-3-6-17/h1-10,26H,11-16H2. The summed E-state index contributed by atoms with van der Waals surface area (Å²) in [7, 11) is 0. The zero-order chi connectivity index (χ0) is 18.0. The van der Waals surface area contributed by atoms with E-state index >= 15 is 0 Å². The van der Waals surface area contributed by atoms with Crippen LogP contribution in [0.15, 0.2) is 60.7 Å². The molecule has 0 unspecified atom stereocenters. The molecule has 2 aromatic carbocycles. The van der Waals surface area contributed by atoms with E-state index in [9.17, 15) is 5.11 Å². The van der Waals surface area contributed by atoms with Gasteiger partial charge in [0.25, 0.3) is 0 Å². The summed E-state index contributed by atoms with van der Waals surface area (Å²) >= 11 is 6.31. The third kappa shape index (κ3) is 3.42. The molecule has 134 valence electrons. The molecule has 2 heterocycles. The third-order valence-corrected chi connectivity index (χ3v) is 5.87. The fraction of sp³-hybridized carbons (Fsp3) is 0.318. The van der Waals surface area contributed by atoms with Gasteiger partial charge in [-0.15, -0.1) is 0 Å². The van der Waals surface area contributed by atoms with Gasteiger partial charge in [-0.3, -0.25) is 0 Å². The first kappa shape index (κ1) is 17.3. The summed E-state index contributed by atoms with van der Waals surface area (Å²) in [5.41, 5.74) is 2.12. The van der Waals surface area contributed by atoms with Gasteiger partial charge in [0.05, 0.1) is 10.5 Å². The Labute approximate surface area is 159 Å². The topological polar surface area (TPSA) is 36.4 Å². The number of anilines is 1. The maximum absolute atomic E-state index is 10.1. The minimum Gasteiger partial charge on any atom is -0.396 e. The van der Waals surface area contributed by atoms with Gasteiger partial charge in [-0.25, -0.2) is 4.98 Å². The van der Waals surface area contributed by atoms with E-state index in [1.165, 1.54) is 5.56 Å². The van der Waals surface area contributed by atoms with Crippen LogP contribution in [0.1, 0.15) is 18.4 Å². The minimum absolute atomic E-state index is 0.0354. The van der Waals surface area contributed by atoms with Crippen molar-refractivity contribution in [3.63, 3.8) is 0 Å². The summed E-state index contributed by atoms with van der Waals surface area (Å²) in [4.78, 5) is 7.09. The molecule has 1 N–H and O–H groups in total. The van der Waals surface area contributed by atoms with Crippen LogP contribution in [0.5, 0.6) is 0 Å². The number of aliphatic hydroxyl groups excluding tert-OH is 1. The molecule has 0 bridgehead atoms. The first-order valence-corrected chi connectivity index (χ1v) is 9.52. The lowest BCUT2D eigenvalue weighted by Crippen LogP contribution is -2.43. The second-order valence-electron chi connectivity index (χ2n) is 7.29. The fourth-order valence-electron chi connectivity index (χ4n) is 3.91. The van der Waals surface area contributed by atoms with Crippen molar-refractivity contribution in [1.82, 2.24) is 4.98 Å². The quantitative estimate of drug-likeness (QED) is 0.726. The zero-order valence-electron chi connectivity index (χ0n) is 14.7. The van der Waals surface area contributed by atoms with Crippen LogP contribution in [-0.4, -0.2) is 29.8 Å². The van der Waals surface area contributed by atoms with Crippen molar-refractivity contribution < 1.29 is 5.11 Å². The average Bonchev–Trinajstić information content (AvgIpc) is 2.69. The molecule has 0 saturated carbocycles. The van der Waals surface area contributed by atoms with Crippen LogP contribution in [0, 0.1) is 5.41 Å². The fourth-order valence-corrected chi connectivity index (χ4v) is 4.13. The molecule has 3 nitrogen and oxygen atoms in total. The maximum Gasteiger partial charge on any atom is 0.129 e. The second-order valence-corrected chi connectivity index (χ2v) is 7.70. The van der Waals surface area contributed by atoms with Crippen molar-refractivity contribution in [1.29, 1.82) is 0 Å². The van der Waals surface area contributed by atoms with Gasteiger partial charge in [0.2, 0.25) is 0 Å². The van der Waals surface area contributed by atoms with E-state index in [1.807, 2.05) is 24.3 Å². The highest BCUT2D eigenvalue weighted by atomic mass is 35.5. The Morgan fingerprint density at radius 3 is 2.46 bits per heavy atom. The van der Waals surface area contributed by atoms with Crippen LogP contribution in [0.2, 0.25) is 5.02 Å². The molecule has 3 aromatic rings. The van der Waals surface area contributed by atoms with E-state index in [2.05, 4.69) is 41.3 Å². The molecule has 4 heteroatoms. The van der Waals surface area contributed by atoms with Crippen molar-refractivity contribution in [2.75, 3.05) is 24.6 Å². The van der Waals surface area contributed by atoms with Crippen LogP contribution in [0.3, 0.4) is 0 Å². The molecule has 1 aliphatic rings. The van der Waals surface area contributed by atoms with E-state index in [4.69, 9.17) is 16.6 Å². The van der Waals surface area contributed by atoms with E-state index in [-0.39, 0.29) is 12.0 Å². The molecule has 4 rings (SSSR count). The first-order valence-electron chi connectivity index (χ1n) is 9.14. The van der Waals surface area contributed by atoms with Crippen molar-refractivity contribution in [2.45, 2.75) is 19.3 Å². The number of hydrogen-bond donors (Lipinski definition) is 1. The normalized spacial score (nSPS) is 16.8. The van der Waals surface area contributed by atoms with Crippen LogP contribution >= 0.6 is 11.6 Å². The molecule has 0 aliphatic carbocycles. The van der Waals surface area contributed by atoms with Gasteiger partial charge in [-0.2, -0.15) is 0 Å². The molecular weight excluding hydrogens is 344 g/mol. The minimum atomic E-state index is -0.0354. The van der Waals surface area contributed by atoms with Gasteiger partial charge in [0.1, 0.15) is 5.82 Å². The zero-order valence-corrected chi connectivity index (χ0v) is 15.5. The van der Waals surface area contributed by atoms with Gasteiger partial charge in [0.15, 0.2) is 0 Å². The smallest absolute Gasteiger partial charge is 0.129 e. The van der Waals surface area contributed by atoms with Gasteiger partial charge in [-0.05, 0) is 43.0 Å². The molecule has 1 aromatic heterocycles. The number of pyridine rings is 1. The van der Waals surface area contributed by atoms with Crippen molar-refractivity contribution in [2.24, 2.45) is 5.41 Å². The van der Waals surface area contributed by atoms with Crippen LogP contribution < -0.4 is 4.90 Å². The lowest BCUT2D eigenvalue weighted by atomic mass is 9.74. The third-order valence-electron chi connectivity index (χ3n) is 5.56. The summed E-state index contributed by atoms with van der Waals surface area (Å²) in [5.74, 6) is 0.969. The summed E-state index contributed by atoms with van der Waals surface area (Å²) in [6.07, 6.45) is 2.84. The van der Waals surface area contributed by atoms with Crippen molar-refractivity contribution in [3.8, 4) is 0 Å². The molecule has 1 aliphatic heterocycles. The molecule has 0 amide bonds. The summed E-state index contributed by atoms with van der Waals surface area (Å²) < 4.78 is 0. The van der Waals surface area contributed by atoms with E-state index in [0.717, 1.165) is 49.1 Å². The van der Waals surface area contributed by atoms with Gasteiger partial charge >= 0.3 is 0 Å². The maximum atomic E-state index is 10.1. The predicted octanol–water partition coefficient (Wildman–Crippen LogP) is 4.71. The SMILES string of the molecule is OCC1(Cc2ccccc2)CCN(c2ccc3cccc(Cl)c3n2)CC1. The van der Waals surface area contributed by atoms with E-state index in [0.29, 0.717) is 5.02 Å². The Bertz CT molecular complexity index is 889. The summed E-state index contributed by atoms with van der Waals surface area (Å²) in [5, 5.41) is 11.8. The van der Waals surface area contributed by atoms with Gasteiger partial charge in [-0.1, -0.05) is 54.1 Å².